The molecule has 2 heterocycles. The molecule has 0 bridgehead atoms. The van der Waals surface area contributed by atoms with Crippen LogP contribution in [-0.4, -0.2) is 28.9 Å². The number of benzene rings is 1. The predicted octanol–water partition coefficient (Wildman–Crippen LogP) is 2.84. The number of aromatic nitrogens is 1. The highest BCUT2D eigenvalue weighted by atomic mass is 16.5. The SMILES string of the molecule is COc1ccc2c(c1)CC(C)N(C(=O)c1c[nH]c(C)cc1=O)C2C. The third-order valence-corrected chi connectivity index (χ3v) is 4.73. The molecule has 1 aromatic heterocycles. The number of aromatic amines is 1. The van der Waals surface area contributed by atoms with E-state index in [9.17, 15) is 9.59 Å². The number of aryl methyl sites for hydroxylation is 1. The van der Waals surface area contributed by atoms with E-state index in [0.29, 0.717) is 0 Å². The van der Waals surface area contributed by atoms with Crippen molar-refractivity contribution in [2.75, 3.05) is 7.11 Å². The zero-order chi connectivity index (χ0) is 17.4. The zero-order valence-electron chi connectivity index (χ0n) is 14.4. The van der Waals surface area contributed by atoms with E-state index in [1.54, 1.807) is 18.9 Å². The van der Waals surface area contributed by atoms with Gasteiger partial charge in [0.1, 0.15) is 11.3 Å². The Hall–Kier alpha value is -2.56. The van der Waals surface area contributed by atoms with Gasteiger partial charge in [0, 0.05) is 24.0 Å². The number of nitrogens with zero attached hydrogens (tertiary/aromatic N) is 1. The number of hydrogen-bond acceptors (Lipinski definition) is 3. The van der Waals surface area contributed by atoms with Crippen molar-refractivity contribution in [1.82, 2.24) is 9.88 Å². The standard InChI is InChI=1S/C19H22N2O3/c1-11-7-18(22)17(10-20-11)19(23)21-12(2)8-14-9-15(24-4)5-6-16(14)13(21)3/h5-7,9-10,12-13H,8H2,1-4H3,(H,20,22). The molecule has 0 aliphatic carbocycles. The molecule has 2 aromatic rings. The average Bonchev–Trinajstić information content (AvgIpc) is 2.54. The first-order chi connectivity index (χ1) is 11.4. The van der Waals surface area contributed by atoms with Gasteiger partial charge in [0.05, 0.1) is 13.2 Å². The van der Waals surface area contributed by atoms with Crippen LogP contribution in [0.5, 0.6) is 5.75 Å². The van der Waals surface area contributed by atoms with Crippen molar-refractivity contribution in [3.8, 4) is 5.75 Å². The summed E-state index contributed by atoms with van der Waals surface area (Å²) in [6.45, 7) is 5.81. The molecule has 1 amide bonds. The smallest absolute Gasteiger partial charge is 0.260 e. The lowest BCUT2D eigenvalue weighted by molar-refractivity contribution is 0.0578. The average molecular weight is 326 g/mol. The van der Waals surface area contributed by atoms with Crippen molar-refractivity contribution in [2.24, 2.45) is 0 Å². The van der Waals surface area contributed by atoms with Crippen LogP contribution in [0.15, 0.2) is 35.3 Å². The molecule has 3 rings (SSSR count). The van der Waals surface area contributed by atoms with Crippen molar-refractivity contribution in [2.45, 2.75) is 39.3 Å². The Morgan fingerprint density at radius 1 is 1.29 bits per heavy atom. The molecule has 2 unspecified atom stereocenters. The number of pyridine rings is 1. The van der Waals surface area contributed by atoms with Gasteiger partial charge in [-0.05, 0) is 50.5 Å². The van der Waals surface area contributed by atoms with Crippen LogP contribution < -0.4 is 10.2 Å². The van der Waals surface area contributed by atoms with Gasteiger partial charge in [-0.2, -0.15) is 0 Å². The minimum Gasteiger partial charge on any atom is -0.497 e. The Labute approximate surface area is 141 Å². The summed E-state index contributed by atoms with van der Waals surface area (Å²) >= 11 is 0. The monoisotopic (exact) mass is 326 g/mol. The van der Waals surface area contributed by atoms with E-state index in [4.69, 9.17) is 4.74 Å². The van der Waals surface area contributed by atoms with Crippen LogP contribution in [-0.2, 0) is 6.42 Å². The highest BCUT2D eigenvalue weighted by Gasteiger charge is 2.34. The Morgan fingerprint density at radius 2 is 2.04 bits per heavy atom. The second-order valence-electron chi connectivity index (χ2n) is 6.40. The van der Waals surface area contributed by atoms with E-state index >= 15 is 0 Å². The molecule has 0 spiro atoms. The maximum atomic E-state index is 13.0. The number of ether oxygens (including phenoxy) is 1. The van der Waals surface area contributed by atoms with Gasteiger partial charge in [-0.15, -0.1) is 0 Å². The Kier molecular flexibility index (Phi) is 4.18. The van der Waals surface area contributed by atoms with E-state index in [2.05, 4.69) is 4.98 Å². The molecule has 5 heteroatoms. The Morgan fingerprint density at radius 3 is 2.71 bits per heavy atom. The quantitative estimate of drug-likeness (QED) is 0.923. The van der Waals surface area contributed by atoms with Crippen LogP contribution in [0.4, 0.5) is 0 Å². The second-order valence-corrected chi connectivity index (χ2v) is 6.40. The molecule has 0 saturated heterocycles. The van der Waals surface area contributed by atoms with E-state index in [1.807, 2.05) is 32.0 Å². The van der Waals surface area contributed by atoms with Crippen molar-refractivity contribution in [3.05, 3.63) is 63.1 Å². The fourth-order valence-corrected chi connectivity index (χ4v) is 3.50. The summed E-state index contributed by atoms with van der Waals surface area (Å²) in [7, 11) is 1.65. The predicted molar refractivity (Wildman–Crippen MR) is 92.5 cm³/mol. The van der Waals surface area contributed by atoms with Crippen LogP contribution in [0.25, 0.3) is 0 Å². The molecule has 1 aromatic carbocycles. The van der Waals surface area contributed by atoms with E-state index in [0.717, 1.165) is 23.4 Å². The highest BCUT2D eigenvalue weighted by molar-refractivity contribution is 5.94. The number of H-pyrrole nitrogens is 1. The maximum Gasteiger partial charge on any atom is 0.260 e. The number of methoxy groups -OCH3 is 1. The lowest BCUT2D eigenvalue weighted by Crippen LogP contribution is -2.46. The van der Waals surface area contributed by atoms with E-state index in [1.165, 1.54) is 17.8 Å². The van der Waals surface area contributed by atoms with Gasteiger partial charge in [0.25, 0.3) is 5.91 Å². The summed E-state index contributed by atoms with van der Waals surface area (Å²) < 4.78 is 5.30. The molecule has 2 atom stereocenters. The number of carbonyl (C=O) groups excluding carboxylic acids is 1. The van der Waals surface area contributed by atoms with Gasteiger partial charge in [-0.3, -0.25) is 9.59 Å². The molecular weight excluding hydrogens is 304 g/mol. The van der Waals surface area contributed by atoms with Crippen LogP contribution in [0.3, 0.4) is 0 Å². The molecule has 126 valence electrons. The molecule has 0 saturated carbocycles. The molecule has 1 aliphatic heterocycles. The highest BCUT2D eigenvalue weighted by Crippen LogP contribution is 2.35. The third kappa shape index (κ3) is 2.70. The number of fused-ring (bicyclic) bond motifs is 1. The largest absolute Gasteiger partial charge is 0.497 e. The van der Waals surface area contributed by atoms with E-state index in [-0.39, 0.29) is 29.0 Å². The molecule has 1 N–H and O–H groups in total. The van der Waals surface area contributed by atoms with Crippen molar-refractivity contribution >= 4 is 5.91 Å². The molecule has 0 fully saturated rings. The van der Waals surface area contributed by atoms with Crippen LogP contribution in [0.2, 0.25) is 0 Å². The van der Waals surface area contributed by atoms with Gasteiger partial charge in [0.15, 0.2) is 5.43 Å². The van der Waals surface area contributed by atoms with Crippen molar-refractivity contribution in [3.63, 3.8) is 0 Å². The number of nitrogens with one attached hydrogen (secondary N) is 1. The number of carbonyl (C=O) groups is 1. The van der Waals surface area contributed by atoms with E-state index < -0.39 is 0 Å². The van der Waals surface area contributed by atoms with Crippen LogP contribution >= 0.6 is 0 Å². The summed E-state index contributed by atoms with van der Waals surface area (Å²) in [5, 5.41) is 0. The summed E-state index contributed by atoms with van der Waals surface area (Å²) in [5.41, 5.74) is 2.99. The Bertz CT molecular complexity index is 841. The van der Waals surface area contributed by atoms with Gasteiger partial charge in [-0.25, -0.2) is 0 Å². The first-order valence-corrected chi connectivity index (χ1v) is 8.11. The summed E-state index contributed by atoms with van der Waals surface area (Å²) in [6, 6.07) is 7.32. The van der Waals surface area contributed by atoms with Crippen molar-refractivity contribution < 1.29 is 9.53 Å². The van der Waals surface area contributed by atoms with Gasteiger partial charge < -0.3 is 14.6 Å². The minimum absolute atomic E-state index is 0.00723. The molecule has 5 nitrogen and oxygen atoms in total. The van der Waals surface area contributed by atoms with Crippen LogP contribution in [0, 0.1) is 6.92 Å². The lowest BCUT2D eigenvalue weighted by Gasteiger charge is -2.40. The number of rotatable bonds is 2. The fourth-order valence-electron chi connectivity index (χ4n) is 3.50. The Balaban J connectivity index is 1.99. The molecule has 0 radical (unpaired) electrons. The fraction of sp³-hybridized carbons (Fsp3) is 0.368. The molecule has 1 aliphatic rings. The molecule has 24 heavy (non-hydrogen) atoms. The normalized spacial score (nSPS) is 19.8. The first kappa shape index (κ1) is 16.3. The third-order valence-electron chi connectivity index (χ3n) is 4.73. The lowest BCUT2D eigenvalue weighted by atomic mass is 9.88. The molecular formula is C19H22N2O3. The van der Waals surface area contributed by atoms with Gasteiger partial charge in [0.2, 0.25) is 0 Å². The summed E-state index contributed by atoms with van der Waals surface area (Å²) in [4.78, 5) is 29.9. The van der Waals surface area contributed by atoms with Gasteiger partial charge in [-0.1, -0.05) is 6.07 Å². The maximum absolute atomic E-state index is 13.0. The topological polar surface area (TPSA) is 62.4 Å². The van der Waals surface area contributed by atoms with Crippen molar-refractivity contribution in [1.29, 1.82) is 0 Å². The summed E-state index contributed by atoms with van der Waals surface area (Å²) in [6.07, 6.45) is 2.26. The number of hydrogen-bond donors (Lipinski definition) is 1. The second kappa shape index (κ2) is 6.15. The van der Waals surface area contributed by atoms with Crippen LogP contribution in [0.1, 0.15) is 47.1 Å². The first-order valence-electron chi connectivity index (χ1n) is 8.11. The minimum atomic E-state index is -0.240. The number of amides is 1. The summed E-state index contributed by atoms with van der Waals surface area (Å²) in [5.74, 6) is 0.598. The zero-order valence-corrected chi connectivity index (χ0v) is 14.4. The van der Waals surface area contributed by atoms with Gasteiger partial charge >= 0.3 is 0 Å².